The van der Waals surface area contributed by atoms with Gasteiger partial charge in [0.05, 0.1) is 12.7 Å². The molecule has 20 heavy (non-hydrogen) atoms. The minimum Gasteiger partial charge on any atom is -0.373 e. The van der Waals surface area contributed by atoms with Gasteiger partial charge in [0.1, 0.15) is 0 Å². The Morgan fingerprint density at radius 1 is 1.50 bits per heavy atom. The van der Waals surface area contributed by atoms with Crippen molar-refractivity contribution in [1.82, 2.24) is 20.4 Å². The second-order valence-corrected chi connectivity index (χ2v) is 5.58. The summed E-state index contributed by atoms with van der Waals surface area (Å²) in [4.78, 5) is 14.3. The van der Waals surface area contributed by atoms with Crippen molar-refractivity contribution in [2.45, 2.75) is 25.0 Å². The topological polar surface area (TPSA) is 67.4 Å². The molecule has 0 spiro atoms. The number of aromatic nitrogens is 2. The molecule has 0 saturated carbocycles. The highest BCUT2D eigenvalue weighted by molar-refractivity contribution is 6.29. The first kappa shape index (κ1) is 13.7. The zero-order valence-electron chi connectivity index (χ0n) is 11.1. The van der Waals surface area contributed by atoms with Gasteiger partial charge in [-0.05, 0) is 31.5 Å². The van der Waals surface area contributed by atoms with Gasteiger partial charge < -0.3 is 10.1 Å². The minimum atomic E-state index is -0.249. The summed E-state index contributed by atoms with van der Waals surface area (Å²) in [6, 6.07) is 3.68. The first-order valence-electron chi connectivity index (χ1n) is 6.85. The van der Waals surface area contributed by atoms with Crippen LogP contribution in [-0.2, 0) is 4.74 Å². The van der Waals surface area contributed by atoms with Crippen LogP contribution in [0.4, 0.5) is 0 Å². The summed E-state index contributed by atoms with van der Waals surface area (Å²) >= 11 is 5.64. The Hall–Kier alpha value is -1.24. The number of hydrogen-bond acceptors (Lipinski definition) is 5. The molecule has 1 aromatic rings. The molecule has 0 bridgehead atoms. The predicted molar refractivity (Wildman–Crippen MR) is 73.7 cm³/mol. The third-order valence-electron chi connectivity index (χ3n) is 3.82. The molecular formula is C13H17ClN4O2. The maximum atomic E-state index is 11.9. The molecule has 108 valence electrons. The summed E-state index contributed by atoms with van der Waals surface area (Å²) in [5.41, 5.74) is 0.268. The minimum absolute atomic E-state index is 0.0496. The SMILES string of the molecule is O=C(NCC1CN2CCCC2CO1)c1ccc(Cl)nn1. The van der Waals surface area contributed by atoms with E-state index in [0.29, 0.717) is 12.6 Å². The van der Waals surface area contributed by atoms with Crippen molar-refractivity contribution >= 4 is 17.5 Å². The summed E-state index contributed by atoms with van der Waals surface area (Å²) in [6.45, 7) is 3.28. The first-order chi connectivity index (χ1) is 9.72. The Morgan fingerprint density at radius 2 is 2.40 bits per heavy atom. The molecule has 6 nitrogen and oxygen atoms in total. The average molecular weight is 297 g/mol. The number of morpholine rings is 1. The number of halogens is 1. The number of nitrogens with one attached hydrogen (secondary N) is 1. The van der Waals surface area contributed by atoms with E-state index in [-0.39, 0.29) is 22.9 Å². The monoisotopic (exact) mass is 296 g/mol. The second kappa shape index (κ2) is 6.03. The van der Waals surface area contributed by atoms with Gasteiger partial charge in [-0.1, -0.05) is 11.6 Å². The lowest BCUT2D eigenvalue weighted by Gasteiger charge is -2.35. The van der Waals surface area contributed by atoms with Crippen molar-refractivity contribution in [3.05, 3.63) is 23.0 Å². The number of carbonyl (C=O) groups excluding carboxylic acids is 1. The lowest BCUT2D eigenvalue weighted by molar-refractivity contribution is -0.0462. The lowest BCUT2D eigenvalue weighted by Crippen LogP contribution is -2.50. The fourth-order valence-corrected chi connectivity index (χ4v) is 2.84. The summed E-state index contributed by atoms with van der Waals surface area (Å²) in [5, 5.41) is 10.5. The van der Waals surface area contributed by atoms with E-state index in [9.17, 15) is 4.79 Å². The van der Waals surface area contributed by atoms with Gasteiger partial charge in [0, 0.05) is 19.1 Å². The van der Waals surface area contributed by atoms with Crippen LogP contribution in [0.25, 0.3) is 0 Å². The predicted octanol–water partition coefficient (Wildman–Crippen LogP) is 0.723. The second-order valence-electron chi connectivity index (χ2n) is 5.20. The summed E-state index contributed by atoms with van der Waals surface area (Å²) in [5.74, 6) is -0.249. The standard InChI is InChI=1S/C13H17ClN4O2/c14-12-4-3-11(16-17-12)13(19)15-6-10-7-18-5-1-2-9(18)8-20-10/h3-4,9-10H,1-2,5-8H2,(H,15,19). The van der Waals surface area contributed by atoms with Crippen LogP contribution >= 0.6 is 11.6 Å². The largest absolute Gasteiger partial charge is 0.373 e. The number of carbonyl (C=O) groups is 1. The van der Waals surface area contributed by atoms with Crippen molar-refractivity contribution in [2.75, 3.05) is 26.2 Å². The summed E-state index contributed by atoms with van der Waals surface area (Å²) < 4.78 is 5.78. The van der Waals surface area contributed by atoms with Crippen molar-refractivity contribution in [2.24, 2.45) is 0 Å². The van der Waals surface area contributed by atoms with Gasteiger partial charge in [-0.25, -0.2) is 0 Å². The maximum absolute atomic E-state index is 11.9. The first-order valence-corrected chi connectivity index (χ1v) is 7.23. The summed E-state index contributed by atoms with van der Waals surface area (Å²) in [6.07, 6.45) is 2.51. The Balaban J connectivity index is 1.49. The zero-order valence-corrected chi connectivity index (χ0v) is 11.8. The molecule has 0 aromatic carbocycles. The molecule has 1 N–H and O–H groups in total. The van der Waals surface area contributed by atoms with Crippen LogP contribution in [0.1, 0.15) is 23.3 Å². The molecule has 3 rings (SSSR count). The molecule has 1 amide bonds. The summed E-state index contributed by atoms with van der Waals surface area (Å²) in [7, 11) is 0. The highest BCUT2D eigenvalue weighted by Crippen LogP contribution is 2.22. The quantitative estimate of drug-likeness (QED) is 0.890. The van der Waals surface area contributed by atoms with Crippen LogP contribution in [-0.4, -0.2) is 59.4 Å². The van der Waals surface area contributed by atoms with Crippen molar-refractivity contribution < 1.29 is 9.53 Å². The third-order valence-corrected chi connectivity index (χ3v) is 4.02. The Bertz CT molecular complexity index is 482. The fraction of sp³-hybridized carbons (Fsp3) is 0.615. The Labute approximate surface area is 122 Å². The van der Waals surface area contributed by atoms with Gasteiger partial charge in [0.15, 0.2) is 10.8 Å². The Morgan fingerprint density at radius 3 is 3.20 bits per heavy atom. The van der Waals surface area contributed by atoms with Crippen LogP contribution in [0.2, 0.25) is 5.15 Å². The van der Waals surface area contributed by atoms with E-state index >= 15 is 0 Å². The van der Waals surface area contributed by atoms with E-state index < -0.39 is 0 Å². The number of fused-ring (bicyclic) bond motifs is 1. The normalized spacial score (nSPS) is 26.2. The number of hydrogen-bond donors (Lipinski definition) is 1. The van der Waals surface area contributed by atoms with Crippen LogP contribution in [0, 0.1) is 0 Å². The van der Waals surface area contributed by atoms with Crippen molar-refractivity contribution in [3.63, 3.8) is 0 Å². The molecule has 0 aliphatic carbocycles. The van der Waals surface area contributed by atoms with E-state index in [0.717, 1.165) is 19.7 Å². The van der Waals surface area contributed by atoms with E-state index in [1.54, 1.807) is 12.1 Å². The van der Waals surface area contributed by atoms with Crippen LogP contribution in [0.3, 0.4) is 0 Å². The molecule has 2 unspecified atom stereocenters. The van der Waals surface area contributed by atoms with Crippen LogP contribution in [0.5, 0.6) is 0 Å². The number of nitrogens with zero attached hydrogens (tertiary/aromatic N) is 3. The highest BCUT2D eigenvalue weighted by atomic mass is 35.5. The molecule has 3 heterocycles. The molecule has 0 radical (unpaired) electrons. The van der Waals surface area contributed by atoms with E-state index in [2.05, 4.69) is 20.4 Å². The van der Waals surface area contributed by atoms with E-state index in [1.165, 1.54) is 12.8 Å². The number of amides is 1. The maximum Gasteiger partial charge on any atom is 0.271 e. The molecule has 2 fully saturated rings. The molecule has 2 saturated heterocycles. The van der Waals surface area contributed by atoms with Gasteiger partial charge in [-0.15, -0.1) is 10.2 Å². The fourth-order valence-electron chi connectivity index (χ4n) is 2.74. The molecule has 2 aliphatic heterocycles. The van der Waals surface area contributed by atoms with Crippen LogP contribution in [0.15, 0.2) is 12.1 Å². The lowest BCUT2D eigenvalue weighted by atomic mass is 10.2. The Kier molecular flexibility index (Phi) is 4.14. The molecule has 2 aliphatic rings. The van der Waals surface area contributed by atoms with E-state index in [4.69, 9.17) is 16.3 Å². The molecule has 1 aromatic heterocycles. The van der Waals surface area contributed by atoms with Crippen molar-refractivity contribution in [1.29, 1.82) is 0 Å². The van der Waals surface area contributed by atoms with Crippen molar-refractivity contribution in [3.8, 4) is 0 Å². The van der Waals surface area contributed by atoms with Crippen LogP contribution < -0.4 is 5.32 Å². The third kappa shape index (κ3) is 3.08. The highest BCUT2D eigenvalue weighted by Gasteiger charge is 2.32. The van der Waals surface area contributed by atoms with Gasteiger partial charge in [0.2, 0.25) is 0 Å². The molecule has 2 atom stereocenters. The van der Waals surface area contributed by atoms with Gasteiger partial charge in [-0.3, -0.25) is 9.69 Å². The van der Waals surface area contributed by atoms with Gasteiger partial charge in [0.25, 0.3) is 5.91 Å². The molecular weight excluding hydrogens is 280 g/mol. The van der Waals surface area contributed by atoms with Gasteiger partial charge in [-0.2, -0.15) is 0 Å². The average Bonchev–Trinajstić information content (AvgIpc) is 2.93. The molecule has 7 heteroatoms. The smallest absolute Gasteiger partial charge is 0.271 e. The number of ether oxygens (including phenoxy) is 1. The number of rotatable bonds is 3. The van der Waals surface area contributed by atoms with Gasteiger partial charge >= 0.3 is 0 Å². The van der Waals surface area contributed by atoms with E-state index in [1.807, 2.05) is 0 Å². The zero-order chi connectivity index (χ0) is 13.9.